The molecule has 1 rings (SSSR count). The van der Waals surface area contributed by atoms with Crippen LogP contribution in [-0.2, 0) is 61.9 Å². The Labute approximate surface area is 415 Å². The number of esters is 5. The van der Waals surface area contributed by atoms with Crippen molar-refractivity contribution in [1.29, 1.82) is 0 Å². The molecule has 392 valence electrons. The highest BCUT2D eigenvalue weighted by Gasteiger charge is 2.52. The molecular weight excluding hydrogens is 881 g/mol. The zero-order valence-electron chi connectivity index (χ0n) is 43.3. The second kappa shape index (κ2) is 43.7. The molecule has 0 aromatic rings. The molecule has 0 spiro atoms. The molecule has 0 saturated carbocycles. The van der Waals surface area contributed by atoms with Crippen molar-refractivity contribution >= 4 is 29.8 Å². The van der Waals surface area contributed by atoms with E-state index in [0.717, 1.165) is 116 Å². The maximum absolute atomic E-state index is 12.9. The molecule has 13 nitrogen and oxygen atoms in total. The van der Waals surface area contributed by atoms with Crippen LogP contribution in [0, 0.1) is 5.92 Å². The average Bonchev–Trinajstić information content (AvgIpc) is 3.31. The van der Waals surface area contributed by atoms with Gasteiger partial charge in [0.25, 0.3) is 0 Å². The minimum atomic E-state index is -1.35. The van der Waals surface area contributed by atoms with Gasteiger partial charge in [0.2, 0.25) is 0 Å². The van der Waals surface area contributed by atoms with Crippen LogP contribution in [0.15, 0.2) is 72.9 Å². The van der Waals surface area contributed by atoms with Crippen LogP contribution in [0.3, 0.4) is 0 Å². The molecule has 1 heterocycles. The molecular formula is C56H90O13. The van der Waals surface area contributed by atoms with Crippen molar-refractivity contribution < 1.29 is 61.9 Å². The fraction of sp³-hybridized carbons (Fsp3) is 0.696. The number of ether oxygens (including phenoxy) is 8. The molecule has 1 fully saturated rings. The zero-order chi connectivity index (χ0) is 50.6. The van der Waals surface area contributed by atoms with Crippen LogP contribution in [0.25, 0.3) is 0 Å². The van der Waals surface area contributed by atoms with Crippen molar-refractivity contribution in [3.05, 3.63) is 72.9 Å². The summed E-state index contributed by atoms with van der Waals surface area (Å²) in [5, 5.41) is 0. The molecule has 0 N–H and O–H groups in total. The molecule has 69 heavy (non-hydrogen) atoms. The Kier molecular flexibility index (Phi) is 39.7. The number of allylic oxidation sites excluding steroid dienone is 12. The number of hydrogen-bond acceptors (Lipinski definition) is 13. The maximum atomic E-state index is 12.9. The van der Waals surface area contributed by atoms with E-state index >= 15 is 0 Å². The van der Waals surface area contributed by atoms with E-state index in [0.29, 0.717) is 19.4 Å². The Morgan fingerprint density at radius 3 is 1.36 bits per heavy atom. The van der Waals surface area contributed by atoms with Gasteiger partial charge in [-0.1, -0.05) is 139 Å². The highest BCUT2D eigenvalue weighted by Crippen LogP contribution is 2.30. The fourth-order valence-corrected chi connectivity index (χ4v) is 7.29. The molecule has 13 heteroatoms. The van der Waals surface area contributed by atoms with Crippen LogP contribution in [0.2, 0.25) is 0 Å². The molecule has 0 bridgehead atoms. The Morgan fingerprint density at radius 1 is 0.478 bits per heavy atom. The molecule has 1 aliphatic heterocycles. The third-order valence-corrected chi connectivity index (χ3v) is 10.9. The normalized spacial score (nSPS) is 18.7. The SMILES string of the molecule is CC/C=C\C/C=C\C/C=C\CCCCCCCC(=O)OCC(COC(=O)CCCCCCC/C=C\C/C=C\C/C=C\CC)CO[C@@H]1O[C@H](COCCCC)[C@H](OC(C)=O)[C@H](OC(C)=O)[C@H]1OC(C)=O. The van der Waals surface area contributed by atoms with Crippen LogP contribution >= 0.6 is 0 Å². The summed E-state index contributed by atoms with van der Waals surface area (Å²) in [6.45, 7) is 9.85. The molecule has 0 aromatic heterocycles. The van der Waals surface area contributed by atoms with Crippen LogP contribution in [-0.4, -0.2) is 93.6 Å². The first kappa shape index (κ1) is 62.7. The monoisotopic (exact) mass is 971 g/mol. The summed E-state index contributed by atoms with van der Waals surface area (Å²) in [7, 11) is 0. The van der Waals surface area contributed by atoms with Gasteiger partial charge in [0, 0.05) is 40.2 Å². The van der Waals surface area contributed by atoms with E-state index in [1.807, 2.05) is 6.92 Å². The first-order valence-electron chi connectivity index (χ1n) is 26.1. The Morgan fingerprint density at radius 2 is 0.899 bits per heavy atom. The van der Waals surface area contributed by atoms with Crippen molar-refractivity contribution in [3.8, 4) is 0 Å². The first-order chi connectivity index (χ1) is 33.5. The van der Waals surface area contributed by atoms with Crippen molar-refractivity contribution in [2.45, 2.75) is 214 Å². The molecule has 0 aliphatic carbocycles. The molecule has 1 aliphatic rings. The van der Waals surface area contributed by atoms with Gasteiger partial charge in [0.1, 0.15) is 6.10 Å². The summed E-state index contributed by atoms with van der Waals surface area (Å²) in [6.07, 6.45) is 40.0. The Bertz CT molecular complexity index is 1480. The van der Waals surface area contributed by atoms with Crippen LogP contribution in [0.4, 0.5) is 0 Å². The zero-order valence-corrected chi connectivity index (χ0v) is 43.3. The molecule has 5 atom stereocenters. The van der Waals surface area contributed by atoms with Gasteiger partial charge in [0.05, 0.1) is 32.3 Å². The molecule has 0 radical (unpaired) electrons. The number of hydrogen-bond donors (Lipinski definition) is 0. The van der Waals surface area contributed by atoms with E-state index in [-0.39, 0.29) is 51.2 Å². The van der Waals surface area contributed by atoms with E-state index in [1.54, 1.807) is 0 Å². The van der Waals surface area contributed by atoms with E-state index in [2.05, 4.69) is 86.8 Å². The summed E-state index contributed by atoms with van der Waals surface area (Å²) >= 11 is 0. The molecule has 0 unspecified atom stereocenters. The van der Waals surface area contributed by atoms with E-state index in [9.17, 15) is 24.0 Å². The van der Waals surface area contributed by atoms with Crippen LogP contribution in [0.5, 0.6) is 0 Å². The average molecular weight is 971 g/mol. The predicted molar refractivity (Wildman–Crippen MR) is 271 cm³/mol. The minimum absolute atomic E-state index is 0.0417. The lowest BCUT2D eigenvalue weighted by atomic mass is 9.98. The number of carbonyl (C=O) groups is 5. The lowest BCUT2D eigenvalue weighted by Gasteiger charge is -2.44. The predicted octanol–water partition coefficient (Wildman–Crippen LogP) is 12.2. The highest BCUT2D eigenvalue weighted by atomic mass is 16.7. The lowest BCUT2D eigenvalue weighted by molar-refractivity contribution is -0.311. The van der Waals surface area contributed by atoms with Gasteiger partial charge >= 0.3 is 29.8 Å². The second-order valence-electron chi connectivity index (χ2n) is 17.5. The summed E-state index contributed by atoms with van der Waals surface area (Å²) in [4.78, 5) is 62.9. The summed E-state index contributed by atoms with van der Waals surface area (Å²) < 4.78 is 46.5. The molecule has 0 amide bonds. The van der Waals surface area contributed by atoms with Crippen molar-refractivity contribution in [2.24, 2.45) is 5.92 Å². The first-order valence-corrected chi connectivity index (χ1v) is 26.1. The summed E-state index contributed by atoms with van der Waals surface area (Å²) in [5.41, 5.74) is 0. The van der Waals surface area contributed by atoms with Gasteiger partial charge in [-0.3, -0.25) is 24.0 Å². The van der Waals surface area contributed by atoms with E-state index < -0.39 is 54.5 Å². The second-order valence-corrected chi connectivity index (χ2v) is 17.5. The van der Waals surface area contributed by atoms with Gasteiger partial charge in [0.15, 0.2) is 24.6 Å². The van der Waals surface area contributed by atoms with Crippen molar-refractivity contribution in [2.75, 3.05) is 33.0 Å². The summed E-state index contributed by atoms with van der Waals surface area (Å²) in [5.74, 6) is -3.45. The van der Waals surface area contributed by atoms with E-state index in [1.165, 1.54) is 20.8 Å². The maximum Gasteiger partial charge on any atom is 0.305 e. The van der Waals surface area contributed by atoms with Crippen LogP contribution in [0.1, 0.15) is 183 Å². The van der Waals surface area contributed by atoms with Gasteiger partial charge in [-0.15, -0.1) is 0 Å². The number of unbranched alkanes of at least 4 members (excludes halogenated alkanes) is 11. The largest absolute Gasteiger partial charge is 0.465 e. The van der Waals surface area contributed by atoms with Gasteiger partial charge in [-0.05, 0) is 83.5 Å². The third kappa shape index (κ3) is 35.4. The standard InChI is InChI=1S/C56H90O13/c1-7-10-13-15-17-19-21-23-25-27-29-31-33-35-37-39-51(60)63-42-49(43-64-52(61)40-38-36-34-32-30-28-26-24-22-20-18-16-14-11-8-2)44-65-56-55(68-48(6)59)54(67-47(5)58)53(66-46(4)57)50(69-56)45-62-41-12-9-3/h10-11,13-14,17-20,23-26,49-50,53-56H,7-9,12,15-16,21-22,27-45H2,1-6H3/b13-10-,14-11-,19-17-,20-18-,25-23-,26-24-/t50-,53+,54+,55-,56-/m1/s1. The van der Waals surface area contributed by atoms with E-state index in [4.69, 9.17) is 37.9 Å². The topological polar surface area (TPSA) is 159 Å². The van der Waals surface area contributed by atoms with Gasteiger partial charge in [-0.2, -0.15) is 0 Å². The van der Waals surface area contributed by atoms with Crippen molar-refractivity contribution in [3.63, 3.8) is 0 Å². The third-order valence-electron chi connectivity index (χ3n) is 10.9. The lowest BCUT2D eigenvalue weighted by Crippen LogP contribution is -2.63. The molecule has 0 aromatic carbocycles. The number of rotatable bonds is 41. The van der Waals surface area contributed by atoms with Gasteiger partial charge < -0.3 is 37.9 Å². The molecule has 1 saturated heterocycles. The van der Waals surface area contributed by atoms with Crippen molar-refractivity contribution in [1.82, 2.24) is 0 Å². The Balaban J connectivity index is 2.86. The summed E-state index contributed by atoms with van der Waals surface area (Å²) in [6, 6.07) is 0. The van der Waals surface area contributed by atoms with Crippen LogP contribution < -0.4 is 0 Å². The highest BCUT2D eigenvalue weighted by molar-refractivity contribution is 5.70. The Hall–Kier alpha value is -4.33. The quantitative estimate of drug-likeness (QED) is 0.0247. The fourth-order valence-electron chi connectivity index (χ4n) is 7.29. The van der Waals surface area contributed by atoms with Gasteiger partial charge in [-0.25, -0.2) is 0 Å². The number of carbonyl (C=O) groups excluding carboxylic acids is 5. The smallest absolute Gasteiger partial charge is 0.305 e. The minimum Gasteiger partial charge on any atom is -0.465 e.